The minimum Gasteiger partial charge on any atom is -0.366 e. The van der Waals surface area contributed by atoms with Gasteiger partial charge in [-0.1, -0.05) is 30.9 Å². The highest BCUT2D eigenvalue weighted by molar-refractivity contribution is 6.33. The number of nitrogens with two attached hydrogens (primary N) is 1. The molecular formula is C12H18ClN3. The normalized spacial score (nSPS) is 17.4. The average molecular weight is 240 g/mol. The van der Waals surface area contributed by atoms with E-state index >= 15 is 0 Å². The fourth-order valence-corrected chi connectivity index (χ4v) is 2.43. The minimum atomic E-state index is 0.459. The molecule has 0 aromatic carbocycles. The summed E-state index contributed by atoms with van der Waals surface area (Å²) in [5, 5.41) is 4.10. The van der Waals surface area contributed by atoms with E-state index in [1.165, 1.54) is 32.1 Å². The molecule has 1 aliphatic carbocycles. The maximum absolute atomic E-state index is 6.22. The summed E-state index contributed by atoms with van der Waals surface area (Å²) in [4.78, 5) is 4.28. The number of nitrogens with one attached hydrogen (secondary N) is 1. The summed E-state index contributed by atoms with van der Waals surface area (Å²) >= 11 is 6.22. The molecule has 1 fully saturated rings. The van der Waals surface area contributed by atoms with Crippen LogP contribution in [0.3, 0.4) is 0 Å². The molecule has 4 heteroatoms. The van der Waals surface area contributed by atoms with Crippen LogP contribution >= 0.6 is 11.6 Å². The third-order valence-corrected chi connectivity index (χ3v) is 3.56. The number of aromatic nitrogens is 1. The smallest absolute Gasteiger partial charge is 0.145 e. The van der Waals surface area contributed by atoms with E-state index in [1.807, 2.05) is 6.07 Å². The van der Waals surface area contributed by atoms with Crippen molar-refractivity contribution in [2.75, 3.05) is 5.32 Å². The quantitative estimate of drug-likeness (QED) is 0.853. The molecule has 1 aromatic heterocycles. The molecule has 1 saturated carbocycles. The van der Waals surface area contributed by atoms with Crippen molar-refractivity contribution in [1.82, 2.24) is 4.98 Å². The Labute approximate surface area is 101 Å². The van der Waals surface area contributed by atoms with Gasteiger partial charge >= 0.3 is 0 Å². The van der Waals surface area contributed by atoms with Gasteiger partial charge in [0.2, 0.25) is 0 Å². The van der Waals surface area contributed by atoms with E-state index in [4.69, 9.17) is 17.3 Å². The van der Waals surface area contributed by atoms with Crippen molar-refractivity contribution in [3.8, 4) is 0 Å². The van der Waals surface area contributed by atoms with Crippen molar-refractivity contribution >= 4 is 17.4 Å². The van der Waals surface area contributed by atoms with Crippen molar-refractivity contribution in [2.24, 2.45) is 5.73 Å². The van der Waals surface area contributed by atoms with Gasteiger partial charge in [-0.25, -0.2) is 4.98 Å². The predicted molar refractivity (Wildman–Crippen MR) is 67.6 cm³/mol. The lowest BCUT2D eigenvalue weighted by atomic mass is 9.95. The molecule has 1 aromatic rings. The number of hydrogen-bond donors (Lipinski definition) is 2. The topological polar surface area (TPSA) is 50.9 Å². The average Bonchev–Trinajstić information content (AvgIpc) is 2.33. The van der Waals surface area contributed by atoms with Crippen LogP contribution in [-0.2, 0) is 6.54 Å². The van der Waals surface area contributed by atoms with Crippen molar-refractivity contribution in [3.05, 3.63) is 22.8 Å². The predicted octanol–water partition coefficient (Wildman–Crippen LogP) is 2.94. The van der Waals surface area contributed by atoms with Crippen LogP contribution in [0.1, 0.15) is 37.7 Å². The van der Waals surface area contributed by atoms with Crippen LogP contribution in [0.5, 0.6) is 0 Å². The summed E-state index contributed by atoms with van der Waals surface area (Å²) in [6.07, 6.45) is 8.13. The maximum atomic E-state index is 6.22. The van der Waals surface area contributed by atoms with Crippen LogP contribution in [0.2, 0.25) is 5.02 Å². The molecule has 3 N–H and O–H groups in total. The zero-order valence-corrected chi connectivity index (χ0v) is 10.1. The van der Waals surface area contributed by atoms with Gasteiger partial charge in [0.25, 0.3) is 0 Å². The summed E-state index contributed by atoms with van der Waals surface area (Å²) in [7, 11) is 0. The van der Waals surface area contributed by atoms with Crippen LogP contribution in [0.15, 0.2) is 12.3 Å². The molecule has 2 rings (SSSR count). The fraction of sp³-hybridized carbons (Fsp3) is 0.583. The van der Waals surface area contributed by atoms with E-state index in [2.05, 4.69) is 10.3 Å². The fourth-order valence-electron chi connectivity index (χ4n) is 2.18. The number of hydrogen-bond acceptors (Lipinski definition) is 3. The molecule has 0 atom stereocenters. The molecule has 0 unspecified atom stereocenters. The Morgan fingerprint density at radius 2 is 2.12 bits per heavy atom. The molecule has 0 radical (unpaired) electrons. The number of anilines is 1. The zero-order chi connectivity index (χ0) is 11.4. The molecule has 0 amide bonds. The third kappa shape index (κ3) is 2.66. The summed E-state index contributed by atoms with van der Waals surface area (Å²) < 4.78 is 0. The van der Waals surface area contributed by atoms with Gasteiger partial charge < -0.3 is 11.1 Å². The molecule has 0 saturated heterocycles. The summed E-state index contributed by atoms with van der Waals surface area (Å²) in [5.41, 5.74) is 6.57. The first-order valence-corrected chi connectivity index (χ1v) is 6.29. The summed E-state index contributed by atoms with van der Waals surface area (Å²) in [6, 6.07) is 2.39. The molecule has 16 heavy (non-hydrogen) atoms. The lowest BCUT2D eigenvalue weighted by Gasteiger charge is -2.24. The first-order valence-electron chi connectivity index (χ1n) is 5.91. The van der Waals surface area contributed by atoms with E-state index < -0.39 is 0 Å². The molecule has 3 nitrogen and oxygen atoms in total. The Kier molecular flexibility index (Phi) is 4.02. The van der Waals surface area contributed by atoms with Gasteiger partial charge in [-0.2, -0.15) is 0 Å². The van der Waals surface area contributed by atoms with E-state index in [-0.39, 0.29) is 0 Å². The van der Waals surface area contributed by atoms with Gasteiger partial charge in [-0.3, -0.25) is 0 Å². The van der Waals surface area contributed by atoms with E-state index in [9.17, 15) is 0 Å². The number of pyridine rings is 1. The second-order valence-electron chi connectivity index (χ2n) is 4.32. The van der Waals surface area contributed by atoms with Crippen molar-refractivity contribution < 1.29 is 0 Å². The minimum absolute atomic E-state index is 0.459. The zero-order valence-electron chi connectivity index (χ0n) is 9.38. The lowest BCUT2D eigenvalue weighted by molar-refractivity contribution is 0.462. The Balaban J connectivity index is 2.08. The van der Waals surface area contributed by atoms with E-state index in [0.717, 1.165) is 11.4 Å². The number of rotatable bonds is 3. The van der Waals surface area contributed by atoms with Crippen LogP contribution in [0.4, 0.5) is 5.82 Å². The van der Waals surface area contributed by atoms with Gasteiger partial charge in [-0.15, -0.1) is 0 Å². The second-order valence-corrected chi connectivity index (χ2v) is 4.69. The Morgan fingerprint density at radius 3 is 2.81 bits per heavy atom. The SMILES string of the molecule is NCc1ccnc(NC2CCCCC2)c1Cl. The van der Waals surface area contributed by atoms with Gasteiger partial charge in [-0.05, 0) is 24.5 Å². The Morgan fingerprint density at radius 1 is 1.38 bits per heavy atom. The van der Waals surface area contributed by atoms with Crippen LogP contribution in [0, 0.1) is 0 Å². The second kappa shape index (κ2) is 5.51. The highest BCUT2D eigenvalue weighted by atomic mass is 35.5. The van der Waals surface area contributed by atoms with E-state index in [1.54, 1.807) is 6.20 Å². The van der Waals surface area contributed by atoms with Crippen molar-refractivity contribution in [3.63, 3.8) is 0 Å². The van der Waals surface area contributed by atoms with Gasteiger partial charge in [0.15, 0.2) is 0 Å². The molecule has 1 aliphatic rings. The molecular weight excluding hydrogens is 222 g/mol. The van der Waals surface area contributed by atoms with Crippen LogP contribution in [-0.4, -0.2) is 11.0 Å². The first kappa shape index (κ1) is 11.7. The standard InChI is InChI=1S/C12H18ClN3/c13-11-9(8-14)6-7-15-12(11)16-10-4-2-1-3-5-10/h6-7,10H,1-5,8,14H2,(H,15,16). The highest BCUT2D eigenvalue weighted by Gasteiger charge is 2.15. The molecule has 0 bridgehead atoms. The van der Waals surface area contributed by atoms with Crippen molar-refractivity contribution in [2.45, 2.75) is 44.7 Å². The Bertz CT molecular complexity index is 348. The van der Waals surface area contributed by atoms with Gasteiger partial charge in [0.05, 0.1) is 5.02 Å². The first-order chi connectivity index (χ1) is 7.81. The van der Waals surface area contributed by atoms with E-state index in [0.29, 0.717) is 17.6 Å². The largest absolute Gasteiger partial charge is 0.366 e. The molecule has 88 valence electrons. The highest BCUT2D eigenvalue weighted by Crippen LogP contribution is 2.27. The van der Waals surface area contributed by atoms with Crippen LogP contribution in [0.25, 0.3) is 0 Å². The maximum Gasteiger partial charge on any atom is 0.145 e. The molecule has 0 aliphatic heterocycles. The number of nitrogens with zero attached hydrogens (tertiary/aromatic N) is 1. The monoisotopic (exact) mass is 239 g/mol. The Hall–Kier alpha value is -0.800. The summed E-state index contributed by atoms with van der Waals surface area (Å²) in [5.74, 6) is 0.788. The number of halogens is 1. The van der Waals surface area contributed by atoms with Crippen LogP contribution < -0.4 is 11.1 Å². The van der Waals surface area contributed by atoms with Crippen molar-refractivity contribution in [1.29, 1.82) is 0 Å². The molecule has 1 heterocycles. The third-order valence-electron chi connectivity index (χ3n) is 3.14. The molecule has 0 spiro atoms. The van der Waals surface area contributed by atoms with Gasteiger partial charge in [0, 0.05) is 18.8 Å². The van der Waals surface area contributed by atoms with Gasteiger partial charge in [0.1, 0.15) is 5.82 Å². The lowest BCUT2D eigenvalue weighted by Crippen LogP contribution is -2.23. The summed E-state index contributed by atoms with van der Waals surface area (Å²) in [6.45, 7) is 0.459.